The summed E-state index contributed by atoms with van der Waals surface area (Å²) in [4.78, 5) is 12.1. The average Bonchev–Trinajstić information content (AvgIpc) is 2.74. The number of para-hydroxylation sites is 1. The van der Waals surface area contributed by atoms with E-state index in [0.717, 1.165) is 31.1 Å². The number of aromatic carboxylic acids is 1. The van der Waals surface area contributed by atoms with Crippen molar-refractivity contribution in [2.45, 2.75) is 43.0 Å². The van der Waals surface area contributed by atoms with Crippen LogP contribution in [0.2, 0.25) is 0 Å². The smallest absolute Gasteiger partial charge is 0.338 e. The monoisotopic (exact) mass is 424 g/mol. The van der Waals surface area contributed by atoms with Crippen LogP contribution >= 0.6 is 0 Å². The second-order valence-electron chi connectivity index (χ2n) is 7.60. The molecule has 3 aromatic carbocycles. The van der Waals surface area contributed by atoms with Crippen LogP contribution in [-0.2, 0) is 10.0 Å². The molecule has 1 saturated carbocycles. The summed E-state index contributed by atoms with van der Waals surface area (Å²) in [6, 6.07) is 17.2. The SMILES string of the molecule is O=C(O)c1c(NS(=O)(=O)c2ccccc2NC2CCCCC2)ccc2ccccc12. The summed E-state index contributed by atoms with van der Waals surface area (Å²) in [6.07, 6.45) is 5.48. The van der Waals surface area contributed by atoms with Gasteiger partial charge in [-0.15, -0.1) is 0 Å². The molecule has 3 aromatic rings. The molecule has 0 unspecified atom stereocenters. The maximum absolute atomic E-state index is 13.2. The number of hydrogen-bond donors (Lipinski definition) is 3. The van der Waals surface area contributed by atoms with Crippen LogP contribution in [0.15, 0.2) is 65.6 Å². The molecular formula is C23H24N2O4S. The molecule has 30 heavy (non-hydrogen) atoms. The van der Waals surface area contributed by atoms with Crippen molar-refractivity contribution in [3.8, 4) is 0 Å². The van der Waals surface area contributed by atoms with E-state index in [1.54, 1.807) is 42.5 Å². The number of fused-ring (bicyclic) bond motifs is 1. The van der Waals surface area contributed by atoms with Gasteiger partial charge in [0.25, 0.3) is 10.0 Å². The van der Waals surface area contributed by atoms with Gasteiger partial charge in [-0.25, -0.2) is 13.2 Å². The number of sulfonamides is 1. The minimum atomic E-state index is -4.00. The van der Waals surface area contributed by atoms with Gasteiger partial charge in [-0.05, 0) is 41.8 Å². The fourth-order valence-electron chi connectivity index (χ4n) is 4.07. The van der Waals surface area contributed by atoms with Crippen molar-refractivity contribution < 1.29 is 18.3 Å². The van der Waals surface area contributed by atoms with Crippen molar-refractivity contribution in [3.63, 3.8) is 0 Å². The molecule has 7 heteroatoms. The lowest BCUT2D eigenvalue weighted by Gasteiger charge is -2.25. The Bertz CT molecular complexity index is 1180. The van der Waals surface area contributed by atoms with E-state index in [1.807, 2.05) is 6.07 Å². The summed E-state index contributed by atoms with van der Waals surface area (Å²) in [5.41, 5.74) is 0.526. The van der Waals surface area contributed by atoms with Crippen LogP contribution in [0.3, 0.4) is 0 Å². The van der Waals surface area contributed by atoms with Crippen LogP contribution in [0.4, 0.5) is 11.4 Å². The zero-order valence-corrected chi connectivity index (χ0v) is 17.3. The van der Waals surface area contributed by atoms with Crippen molar-refractivity contribution in [2.75, 3.05) is 10.0 Å². The van der Waals surface area contributed by atoms with Crippen LogP contribution in [0, 0.1) is 0 Å². The molecule has 0 atom stereocenters. The highest BCUT2D eigenvalue weighted by Gasteiger charge is 2.24. The Morgan fingerprint density at radius 3 is 2.33 bits per heavy atom. The second kappa shape index (κ2) is 8.36. The van der Waals surface area contributed by atoms with Gasteiger partial charge in [0.15, 0.2) is 0 Å². The lowest BCUT2D eigenvalue weighted by atomic mass is 9.95. The number of carbonyl (C=O) groups is 1. The van der Waals surface area contributed by atoms with Gasteiger partial charge in [0.05, 0.1) is 16.9 Å². The predicted octanol–water partition coefficient (Wildman–Crippen LogP) is 5.08. The van der Waals surface area contributed by atoms with E-state index in [-0.39, 0.29) is 22.2 Å². The lowest BCUT2D eigenvalue weighted by molar-refractivity contribution is 0.0700. The van der Waals surface area contributed by atoms with Gasteiger partial charge in [-0.2, -0.15) is 0 Å². The van der Waals surface area contributed by atoms with Crippen molar-refractivity contribution >= 4 is 38.1 Å². The van der Waals surface area contributed by atoms with Gasteiger partial charge in [0.1, 0.15) is 4.90 Å². The second-order valence-corrected chi connectivity index (χ2v) is 9.25. The highest BCUT2D eigenvalue weighted by Crippen LogP contribution is 2.31. The van der Waals surface area contributed by atoms with E-state index < -0.39 is 16.0 Å². The van der Waals surface area contributed by atoms with Crippen LogP contribution in [-0.4, -0.2) is 25.5 Å². The van der Waals surface area contributed by atoms with Gasteiger partial charge in [-0.1, -0.05) is 61.7 Å². The molecule has 1 aliphatic carbocycles. The maximum atomic E-state index is 13.2. The van der Waals surface area contributed by atoms with Gasteiger partial charge >= 0.3 is 5.97 Å². The first-order chi connectivity index (χ1) is 14.5. The van der Waals surface area contributed by atoms with E-state index in [1.165, 1.54) is 18.6 Å². The Labute approximate surface area is 176 Å². The quantitative estimate of drug-likeness (QED) is 0.513. The van der Waals surface area contributed by atoms with Gasteiger partial charge in [-0.3, -0.25) is 4.72 Å². The Balaban J connectivity index is 1.71. The van der Waals surface area contributed by atoms with Gasteiger partial charge in [0, 0.05) is 6.04 Å². The third kappa shape index (κ3) is 4.11. The number of carboxylic acid groups (broad SMARTS) is 1. The van der Waals surface area contributed by atoms with Crippen LogP contribution < -0.4 is 10.0 Å². The Morgan fingerprint density at radius 1 is 0.867 bits per heavy atom. The number of hydrogen-bond acceptors (Lipinski definition) is 4. The zero-order chi connectivity index (χ0) is 21.1. The molecule has 0 amide bonds. The predicted molar refractivity (Wildman–Crippen MR) is 119 cm³/mol. The number of nitrogens with one attached hydrogen (secondary N) is 2. The molecule has 0 spiro atoms. The molecule has 1 fully saturated rings. The first kappa shape index (κ1) is 20.2. The Kier molecular flexibility index (Phi) is 5.63. The van der Waals surface area contributed by atoms with E-state index in [9.17, 15) is 18.3 Å². The van der Waals surface area contributed by atoms with Gasteiger partial charge < -0.3 is 10.4 Å². The summed E-state index contributed by atoms with van der Waals surface area (Å²) in [6.45, 7) is 0. The molecule has 0 saturated heterocycles. The minimum absolute atomic E-state index is 0.0497. The molecule has 4 rings (SSSR count). The molecule has 3 N–H and O–H groups in total. The van der Waals surface area contributed by atoms with E-state index >= 15 is 0 Å². The van der Waals surface area contributed by atoms with Crippen LogP contribution in [0.5, 0.6) is 0 Å². The lowest BCUT2D eigenvalue weighted by Crippen LogP contribution is -2.24. The number of carboxylic acids is 1. The fourth-order valence-corrected chi connectivity index (χ4v) is 5.32. The zero-order valence-electron chi connectivity index (χ0n) is 16.5. The molecule has 0 bridgehead atoms. The van der Waals surface area contributed by atoms with Crippen molar-refractivity contribution in [1.82, 2.24) is 0 Å². The van der Waals surface area contributed by atoms with Gasteiger partial charge in [0.2, 0.25) is 0 Å². The summed E-state index contributed by atoms with van der Waals surface area (Å²) >= 11 is 0. The normalized spacial score (nSPS) is 15.1. The van der Waals surface area contributed by atoms with Crippen LogP contribution in [0.25, 0.3) is 10.8 Å². The molecule has 156 valence electrons. The first-order valence-electron chi connectivity index (χ1n) is 10.1. The summed E-state index contributed by atoms with van der Waals surface area (Å²) in [5.74, 6) is -1.18. The van der Waals surface area contributed by atoms with E-state index in [2.05, 4.69) is 10.0 Å². The molecule has 0 radical (unpaired) electrons. The Hall–Kier alpha value is -3.06. The highest BCUT2D eigenvalue weighted by atomic mass is 32.2. The summed E-state index contributed by atoms with van der Waals surface area (Å²) in [7, 11) is -4.00. The molecule has 1 aliphatic rings. The maximum Gasteiger partial charge on any atom is 0.338 e. The fraction of sp³-hybridized carbons (Fsp3) is 0.261. The topological polar surface area (TPSA) is 95.5 Å². The Morgan fingerprint density at radius 2 is 1.57 bits per heavy atom. The third-order valence-corrected chi connectivity index (χ3v) is 6.95. The molecule has 0 aliphatic heterocycles. The van der Waals surface area contributed by atoms with E-state index in [4.69, 9.17) is 0 Å². The standard InChI is InChI=1S/C23H24N2O4S/c26-23(27)22-18-11-5-4-8-16(18)14-15-20(22)25-30(28,29)21-13-7-6-12-19(21)24-17-9-2-1-3-10-17/h4-8,11-15,17,24-25H,1-3,9-10H2,(H,26,27). The number of rotatable bonds is 6. The molecule has 6 nitrogen and oxygen atoms in total. The highest BCUT2D eigenvalue weighted by molar-refractivity contribution is 7.92. The molecule has 0 aromatic heterocycles. The third-order valence-electron chi connectivity index (χ3n) is 5.53. The number of anilines is 2. The molecule has 0 heterocycles. The van der Waals surface area contributed by atoms with Crippen LogP contribution in [0.1, 0.15) is 42.5 Å². The summed E-state index contributed by atoms with van der Waals surface area (Å²) in [5, 5.41) is 14.3. The largest absolute Gasteiger partial charge is 0.478 e. The first-order valence-corrected chi connectivity index (χ1v) is 11.6. The molecular weight excluding hydrogens is 400 g/mol. The average molecular weight is 425 g/mol. The summed E-state index contributed by atoms with van der Waals surface area (Å²) < 4.78 is 29.0. The van der Waals surface area contributed by atoms with Crippen molar-refractivity contribution in [1.29, 1.82) is 0 Å². The van der Waals surface area contributed by atoms with Crippen molar-refractivity contribution in [2.24, 2.45) is 0 Å². The minimum Gasteiger partial charge on any atom is -0.478 e. The van der Waals surface area contributed by atoms with E-state index in [0.29, 0.717) is 11.1 Å². The number of benzene rings is 3. The van der Waals surface area contributed by atoms with Crippen molar-refractivity contribution in [3.05, 3.63) is 66.2 Å².